The van der Waals surface area contributed by atoms with Gasteiger partial charge in [0.05, 0.1) is 25.6 Å². The zero-order valence-corrected chi connectivity index (χ0v) is 19.9. The molecule has 1 heterocycles. The molecule has 1 unspecified atom stereocenters. The number of aryl methyl sites for hydroxylation is 2. The van der Waals surface area contributed by atoms with Crippen LogP contribution in [0.1, 0.15) is 30.9 Å². The van der Waals surface area contributed by atoms with Gasteiger partial charge in [-0.3, -0.25) is 14.5 Å². The predicted octanol–water partition coefficient (Wildman–Crippen LogP) is 4.69. The number of methoxy groups -OCH3 is 2. The highest BCUT2D eigenvalue weighted by molar-refractivity contribution is 8.15. The number of carbonyl (C=O) groups is 2. The van der Waals surface area contributed by atoms with E-state index in [1.807, 2.05) is 39.0 Å². The van der Waals surface area contributed by atoms with Gasteiger partial charge in [0, 0.05) is 19.0 Å². The van der Waals surface area contributed by atoms with E-state index in [9.17, 15) is 9.59 Å². The van der Waals surface area contributed by atoms with Crippen molar-refractivity contribution < 1.29 is 19.1 Å². The summed E-state index contributed by atoms with van der Waals surface area (Å²) in [5, 5.41) is 2.97. The normalized spacial score (nSPS) is 17.0. The fourth-order valence-electron chi connectivity index (χ4n) is 3.50. The molecule has 2 amide bonds. The Morgan fingerprint density at radius 3 is 2.50 bits per heavy atom. The van der Waals surface area contributed by atoms with Gasteiger partial charge in [0.2, 0.25) is 11.8 Å². The first-order chi connectivity index (χ1) is 15.4. The standard InChI is InChI=1S/C24H29N3O4S/c1-6-12-27-23(29)20(32-24(27)26-22-15(2)8-7-9-16(22)3)14-21(28)25-18-11-10-17(30-4)13-19(18)31-5/h7-11,13,20H,6,12,14H2,1-5H3,(H,25,28). The minimum Gasteiger partial charge on any atom is -0.497 e. The van der Waals surface area contributed by atoms with Crippen molar-refractivity contribution in [3.63, 3.8) is 0 Å². The van der Waals surface area contributed by atoms with Crippen LogP contribution in [-0.4, -0.2) is 47.9 Å². The van der Waals surface area contributed by atoms with Gasteiger partial charge < -0.3 is 14.8 Å². The number of para-hydroxylation sites is 1. The smallest absolute Gasteiger partial charge is 0.242 e. The molecule has 0 spiro atoms. The monoisotopic (exact) mass is 455 g/mol. The molecule has 0 saturated carbocycles. The summed E-state index contributed by atoms with van der Waals surface area (Å²) in [5.74, 6) is 0.777. The summed E-state index contributed by atoms with van der Waals surface area (Å²) >= 11 is 1.35. The molecule has 1 saturated heterocycles. The van der Waals surface area contributed by atoms with Gasteiger partial charge in [0.15, 0.2) is 5.17 Å². The number of ether oxygens (including phenoxy) is 2. The maximum Gasteiger partial charge on any atom is 0.242 e. The summed E-state index contributed by atoms with van der Waals surface area (Å²) in [5.41, 5.74) is 3.50. The lowest BCUT2D eigenvalue weighted by Crippen LogP contribution is -2.34. The lowest BCUT2D eigenvalue weighted by Gasteiger charge is -2.16. The molecule has 170 valence electrons. The first kappa shape index (κ1) is 23.7. The Kier molecular flexibility index (Phi) is 7.80. The second-order valence-corrected chi connectivity index (χ2v) is 8.72. The molecule has 0 radical (unpaired) electrons. The van der Waals surface area contributed by atoms with Gasteiger partial charge in [-0.25, -0.2) is 4.99 Å². The molecule has 1 atom stereocenters. The third-order valence-corrected chi connectivity index (χ3v) is 6.34. The van der Waals surface area contributed by atoms with Crippen molar-refractivity contribution in [1.82, 2.24) is 4.90 Å². The Bertz CT molecular complexity index is 1020. The summed E-state index contributed by atoms with van der Waals surface area (Å²) in [6, 6.07) is 11.2. The molecule has 8 heteroatoms. The van der Waals surface area contributed by atoms with E-state index in [0.717, 1.165) is 23.2 Å². The number of rotatable bonds is 8. The average molecular weight is 456 g/mol. The molecule has 0 aliphatic carbocycles. The largest absolute Gasteiger partial charge is 0.497 e. The quantitative estimate of drug-likeness (QED) is 0.625. The van der Waals surface area contributed by atoms with Crippen molar-refractivity contribution in [2.45, 2.75) is 38.9 Å². The highest BCUT2D eigenvalue weighted by Crippen LogP contribution is 2.34. The van der Waals surface area contributed by atoms with E-state index in [0.29, 0.717) is 28.9 Å². The fraction of sp³-hybridized carbons (Fsp3) is 0.375. The second kappa shape index (κ2) is 10.5. The van der Waals surface area contributed by atoms with Crippen molar-refractivity contribution in [1.29, 1.82) is 0 Å². The van der Waals surface area contributed by atoms with E-state index in [1.165, 1.54) is 18.9 Å². The highest BCUT2D eigenvalue weighted by Gasteiger charge is 2.39. The van der Waals surface area contributed by atoms with Crippen molar-refractivity contribution in [2.24, 2.45) is 4.99 Å². The van der Waals surface area contributed by atoms with Crippen LogP contribution in [0.15, 0.2) is 41.4 Å². The summed E-state index contributed by atoms with van der Waals surface area (Å²) < 4.78 is 10.5. The van der Waals surface area contributed by atoms with E-state index in [-0.39, 0.29) is 18.2 Å². The summed E-state index contributed by atoms with van der Waals surface area (Å²) in [7, 11) is 3.09. The lowest BCUT2D eigenvalue weighted by atomic mass is 10.1. The number of anilines is 1. The van der Waals surface area contributed by atoms with Crippen molar-refractivity contribution >= 4 is 40.1 Å². The van der Waals surface area contributed by atoms with E-state index >= 15 is 0 Å². The molecule has 1 aliphatic heterocycles. The van der Waals surface area contributed by atoms with Gasteiger partial charge in [0.1, 0.15) is 16.7 Å². The number of nitrogens with zero attached hydrogens (tertiary/aromatic N) is 2. The topological polar surface area (TPSA) is 80.2 Å². The summed E-state index contributed by atoms with van der Waals surface area (Å²) in [6.45, 7) is 6.60. The number of amidine groups is 1. The van der Waals surface area contributed by atoms with Crippen molar-refractivity contribution in [3.8, 4) is 11.5 Å². The minimum atomic E-state index is -0.520. The summed E-state index contributed by atoms with van der Waals surface area (Å²) in [4.78, 5) is 32.3. The number of aliphatic imine (C=N–C) groups is 1. The maximum atomic E-state index is 13.1. The van der Waals surface area contributed by atoms with Gasteiger partial charge >= 0.3 is 0 Å². The number of hydrogen-bond acceptors (Lipinski definition) is 6. The molecule has 3 rings (SSSR count). The van der Waals surface area contributed by atoms with Crippen LogP contribution in [0.2, 0.25) is 0 Å². The number of hydrogen-bond donors (Lipinski definition) is 1. The van der Waals surface area contributed by atoms with Crippen LogP contribution in [0.4, 0.5) is 11.4 Å². The molecular weight excluding hydrogens is 426 g/mol. The van der Waals surface area contributed by atoms with E-state index in [4.69, 9.17) is 14.5 Å². The number of benzene rings is 2. The first-order valence-electron chi connectivity index (χ1n) is 10.5. The van der Waals surface area contributed by atoms with E-state index < -0.39 is 5.25 Å². The number of thioether (sulfide) groups is 1. The van der Waals surface area contributed by atoms with Gasteiger partial charge in [-0.1, -0.05) is 36.9 Å². The number of amides is 2. The van der Waals surface area contributed by atoms with Crippen LogP contribution in [0, 0.1) is 13.8 Å². The van der Waals surface area contributed by atoms with Gasteiger partial charge in [-0.05, 0) is 43.5 Å². The molecule has 1 N–H and O–H groups in total. The molecule has 1 fully saturated rings. The van der Waals surface area contributed by atoms with Crippen LogP contribution in [0.5, 0.6) is 11.5 Å². The Morgan fingerprint density at radius 1 is 1.16 bits per heavy atom. The van der Waals surface area contributed by atoms with E-state index in [1.54, 1.807) is 30.2 Å². The molecule has 2 aromatic carbocycles. The zero-order valence-electron chi connectivity index (χ0n) is 19.1. The average Bonchev–Trinajstić information content (AvgIpc) is 3.05. The molecule has 32 heavy (non-hydrogen) atoms. The molecular formula is C24H29N3O4S. The Morgan fingerprint density at radius 2 is 1.88 bits per heavy atom. The fourth-order valence-corrected chi connectivity index (χ4v) is 4.67. The second-order valence-electron chi connectivity index (χ2n) is 7.55. The van der Waals surface area contributed by atoms with Crippen molar-refractivity contribution in [3.05, 3.63) is 47.5 Å². The van der Waals surface area contributed by atoms with Gasteiger partial charge in [0.25, 0.3) is 0 Å². The van der Waals surface area contributed by atoms with Gasteiger partial charge in [-0.15, -0.1) is 0 Å². The van der Waals surface area contributed by atoms with Crippen molar-refractivity contribution in [2.75, 3.05) is 26.1 Å². The number of carbonyl (C=O) groups excluding carboxylic acids is 2. The molecule has 2 aromatic rings. The number of nitrogens with one attached hydrogen (secondary N) is 1. The highest BCUT2D eigenvalue weighted by atomic mass is 32.2. The van der Waals surface area contributed by atoms with Crippen LogP contribution >= 0.6 is 11.8 Å². The molecule has 0 aromatic heterocycles. The minimum absolute atomic E-state index is 0.0463. The van der Waals surface area contributed by atoms with Crippen LogP contribution in [-0.2, 0) is 9.59 Å². The Balaban J connectivity index is 1.78. The SMILES string of the molecule is CCCN1C(=O)C(CC(=O)Nc2ccc(OC)cc2OC)SC1=Nc1c(C)cccc1C. The molecule has 7 nitrogen and oxygen atoms in total. The predicted molar refractivity (Wildman–Crippen MR) is 129 cm³/mol. The van der Waals surface area contributed by atoms with Gasteiger partial charge in [-0.2, -0.15) is 0 Å². The lowest BCUT2D eigenvalue weighted by molar-refractivity contribution is -0.128. The Hall–Kier alpha value is -3.00. The maximum absolute atomic E-state index is 13.1. The Labute approximate surface area is 193 Å². The first-order valence-corrected chi connectivity index (χ1v) is 11.4. The van der Waals surface area contributed by atoms with E-state index in [2.05, 4.69) is 5.32 Å². The zero-order chi connectivity index (χ0) is 23.3. The summed E-state index contributed by atoms with van der Waals surface area (Å²) in [6.07, 6.45) is 0.852. The van der Waals surface area contributed by atoms with Crippen LogP contribution in [0.3, 0.4) is 0 Å². The molecule has 1 aliphatic rings. The van der Waals surface area contributed by atoms with Crippen LogP contribution in [0.25, 0.3) is 0 Å². The van der Waals surface area contributed by atoms with Crippen LogP contribution < -0.4 is 14.8 Å². The third kappa shape index (κ3) is 5.24. The third-order valence-electron chi connectivity index (χ3n) is 5.17. The molecule has 0 bridgehead atoms.